The van der Waals surface area contributed by atoms with Crippen molar-refractivity contribution in [3.8, 4) is 0 Å². The minimum Gasteiger partial charge on any atom is -0.380 e. The molecule has 10 heteroatoms. The molecular weight excluding hydrogens is 436 g/mol. The maximum atomic E-state index is 5.49. The number of hydrogen-bond acceptors (Lipinski definition) is 9. The van der Waals surface area contributed by atoms with E-state index in [4.69, 9.17) is 19.7 Å². The summed E-state index contributed by atoms with van der Waals surface area (Å²) in [7, 11) is 1.90. The molecule has 33 heavy (non-hydrogen) atoms. The second-order valence-corrected chi connectivity index (χ2v) is 11.2. The van der Waals surface area contributed by atoms with E-state index in [1.807, 2.05) is 20.2 Å². The van der Waals surface area contributed by atoms with Gasteiger partial charge in [-0.2, -0.15) is 15.1 Å². The highest BCUT2D eigenvalue weighted by molar-refractivity contribution is 7.18. The topological polar surface area (TPSA) is 93.0 Å². The summed E-state index contributed by atoms with van der Waals surface area (Å²) in [4.78, 5) is 17.9. The van der Waals surface area contributed by atoms with Crippen LogP contribution in [0.4, 0.5) is 17.5 Å². The van der Waals surface area contributed by atoms with Crippen molar-refractivity contribution in [3.05, 3.63) is 17.4 Å². The molecular formula is C23H32N8OS. The number of rotatable bonds is 5. The lowest BCUT2D eigenvalue weighted by atomic mass is 9.76. The lowest BCUT2D eigenvalue weighted by Gasteiger charge is -2.49. The minimum atomic E-state index is 0.420. The largest absolute Gasteiger partial charge is 0.380 e. The van der Waals surface area contributed by atoms with Crippen LogP contribution in [0.15, 0.2) is 12.4 Å². The lowest BCUT2D eigenvalue weighted by molar-refractivity contribution is -0.143. The summed E-state index contributed by atoms with van der Waals surface area (Å²) in [6.45, 7) is 6.46. The van der Waals surface area contributed by atoms with Gasteiger partial charge in [-0.1, -0.05) is 11.3 Å². The van der Waals surface area contributed by atoms with Gasteiger partial charge in [0.2, 0.25) is 5.95 Å². The number of ether oxygens (including phenoxy) is 1. The molecule has 1 spiro atoms. The first-order valence-electron chi connectivity index (χ1n) is 12.0. The van der Waals surface area contributed by atoms with Gasteiger partial charge in [-0.05, 0) is 58.5 Å². The molecule has 5 heterocycles. The number of nitrogens with one attached hydrogen (secondary N) is 2. The molecule has 3 fully saturated rings. The highest BCUT2D eigenvalue weighted by atomic mass is 32.1. The fraction of sp³-hybridized carbons (Fsp3) is 0.652. The molecule has 1 saturated carbocycles. The van der Waals surface area contributed by atoms with Crippen LogP contribution >= 0.6 is 11.3 Å². The molecule has 0 unspecified atom stereocenters. The Bertz CT molecular complexity index is 1120. The van der Waals surface area contributed by atoms with Crippen LogP contribution in [0.1, 0.15) is 43.5 Å². The Kier molecular flexibility index (Phi) is 5.46. The molecule has 0 radical (unpaired) electrons. The number of aryl methyl sites for hydroxylation is 2. The Morgan fingerprint density at radius 3 is 2.55 bits per heavy atom. The number of nitrogens with zero attached hydrogens (tertiary/aromatic N) is 6. The molecule has 0 atom stereocenters. The van der Waals surface area contributed by atoms with E-state index in [9.17, 15) is 0 Å². The summed E-state index contributed by atoms with van der Waals surface area (Å²) in [5.74, 6) is 1.42. The van der Waals surface area contributed by atoms with Crippen molar-refractivity contribution >= 4 is 39.1 Å². The first-order valence-corrected chi connectivity index (χ1v) is 12.9. The third-order valence-corrected chi connectivity index (χ3v) is 8.42. The molecule has 3 aliphatic rings. The van der Waals surface area contributed by atoms with Crippen molar-refractivity contribution < 1.29 is 4.74 Å². The van der Waals surface area contributed by atoms with E-state index in [1.165, 1.54) is 38.8 Å². The van der Waals surface area contributed by atoms with Crippen molar-refractivity contribution in [2.75, 3.05) is 36.9 Å². The Morgan fingerprint density at radius 1 is 1.09 bits per heavy atom. The van der Waals surface area contributed by atoms with Crippen molar-refractivity contribution in [2.24, 2.45) is 12.5 Å². The molecule has 1 aliphatic carbocycles. The fourth-order valence-electron chi connectivity index (χ4n) is 5.52. The molecule has 176 valence electrons. The standard InChI is InChI=1S/C23H32N8OS/c1-15-25-19-20(28-22(29-21(19)33-15)27-17-11-24-30(2)12-17)26-16-3-5-18(6-4-16)31-9-7-23(8-10-31)13-32-14-23/h11-12,16,18H,3-10,13-14H2,1-2H3,(H2,26,27,28,29)/t16-,18-. The maximum Gasteiger partial charge on any atom is 0.230 e. The first kappa shape index (κ1) is 21.2. The third-order valence-electron chi connectivity index (χ3n) is 7.56. The zero-order valence-electron chi connectivity index (χ0n) is 19.4. The summed E-state index contributed by atoms with van der Waals surface area (Å²) < 4.78 is 7.25. The van der Waals surface area contributed by atoms with Crippen LogP contribution in [-0.4, -0.2) is 68.0 Å². The van der Waals surface area contributed by atoms with E-state index in [0.29, 0.717) is 17.4 Å². The van der Waals surface area contributed by atoms with Crippen LogP contribution in [0.2, 0.25) is 0 Å². The average Bonchev–Trinajstić information content (AvgIpc) is 3.37. The van der Waals surface area contributed by atoms with Crippen molar-refractivity contribution in [3.63, 3.8) is 0 Å². The zero-order chi connectivity index (χ0) is 22.4. The monoisotopic (exact) mass is 468 g/mol. The molecule has 0 aromatic carbocycles. The lowest BCUT2D eigenvalue weighted by Crippen LogP contribution is -2.53. The van der Waals surface area contributed by atoms with Gasteiger partial charge in [0.25, 0.3) is 0 Å². The Labute approximate surface area is 198 Å². The number of thiazole rings is 1. The van der Waals surface area contributed by atoms with Crippen LogP contribution in [0.5, 0.6) is 0 Å². The van der Waals surface area contributed by atoms with E-state index in [0.717, 1.165) is 59.0 Å². The average molecular weight is 469 g/mol. The normalized spacial score (nSPS) is 25.3. The van der Waals surface area contributed by atoms with Gasteiger partial charge in [0.05, 0.1) is 30.1 Å². The van der Waals surface area contributed by atoms with Gasteiger partial charge in [0, 0.05) is 30.7 Å². The second kappa shape index (κ2) is 8.48. The minimum absolute atomic E-state index is 0.420. The van der Waals surface area contributed by atoms with Gasteiger partial charge < -0.3 is 20.3 Å². The summed E-state index contributed by atoms with van der Waals surface area (Å²) in [5, 5.41) is 12.2. The summed E-state index contributed by atoms with van der Waals surface area (Å²) in [5.41, 5.74) is 2.27. The van der Waals surface area contributed by atoms with E-state index in [-0.39, 0.29) is 0 Å². The molecule has 9 nitrogen and oxygen atoms in total. The Balaban J connectivity index is 1.12. The maximum absolute atomic E-state index is 5.49. The van der Waals surface area contributed by atoms with Crippen LogP contribution in [0.3, 0.4) is 0 Å². The van der Waals surface area contributed by atoms with E-state index in [2.05, 4.69) is 20.6 Å². The summed E-state index contributed by atoms with van der Waals surface area (Å²) in [6, 6.07) is 1.14. The van der Waals surface area contributed by atoms with Crippen LogP contribution < -0.4 is 10.6 Å². The van der Waals surface area contributed by atoms with Crippen LogP contribution in [0, 0.1) is 12.3 Å². The van der Waals surface area contributed by atoms with Crippen molar-refractivity contribution in [1.29, 1.82) is 0 Å². The van der Waals surface area contributed by atoms with Gasteiger partial charge in [-0.3, -0.25) is 4.68 Å². The predicted molar refractivity (Wildman–Crippen MR) is 130 cm³/mol. The fourth-order valence-corrected chi connectivity index (χ4v) is 6.31. The smallest absolute Gasteiger partial charge is 0.230 e. The van der Waals surface area contributed by atoms with Gasteiger partial charge in [0.15, 0.2) is 10.6 Å². The molecule has 6 rings (SSSR count). The van der Waals surface area contributed by atoms with Gasteiger partial charge in [0.1, 0.15) is 5.52 Å². The highest BCUT2D eigenvalue weighted by Gasteiger charge is 2.42. The van der Waals surface area contributed by atoms with Gasteiger partial charge >= 0.3 is 0 Å². The van der Waals surface area contributed by atoms with E-state index in [1.54, 1.807) is 22.2 Å². The van der Waals surface area contributed by atoms with E-state index >= 15 is 0 Å². The van der Waals surface area contributed by atoms with Gasteiger partial charge in [-0.25, -0.2) is 4.98 Å². The molecule has 0 amide bonds. The predicted octanol–water partition coefficient (Wildman–Crippen LogP) is 3.71. The van der Waals surface area contributed by atoms with Crippen LogP contribution in [-0.2, 0) is 11.8 Å². The molecule has 2 N–H and O–H groups in total. The number of piperidine rings is 1. The van der Waals surface area contributed by atoms with Crippen molar-refractivity contribution in [2.45, 2.75) is 57.5 Å². The Hall–Kier alpha value is -2.30. The zero-order valence-corrected chi connectivity index (χ0v) is 20.2. The number of anilines is 3. The quantitative estimate of drug-likeness (QED) is 0.585. The third kappa shape index (κ3) is 4.31. The number of aromatic nitrogens is 5. The van der Waals surface area contributed by atoms with Crippen molar-refractivity contribution in [1.82, 2.24) is 29.6 Å². The molecule has 2 saturated heterocycles. The van der Waals surface area contributed by atoms with Crippen LogP contribution in [0.25, 0.3) is 10.3 Å². The second-order valence-electron chi connectivity index (χ2n) is 9.99. The summed E-state index contributed by atoms with van der Waals surface area (Å²) >= 11 is 1.61. The molecule has 3 aromatic rings. The summed E-state index contributed by atoms with van der Waals surface area (Å²) in [6.07, 6.45) is 11.1. The highest BCUT2D eigenvalue weighted by Crippen LogP contribution is 2.40. The number of fused-ring (bicyclic) bond motifs is 1. The van der Waals surface area contributed by atoms with Gasteiger partial charge in [-0.15, -0.1) is 0 Å². The van der Waals surface area contributed by atoms with E-state index < -0.39 is 0 Å². The molecule has 3 aromatic heterocycles. The molecule has 2 aliphatic heterocycles. The molecule has 0 bridgehead atoms. The SMILES string of the molecule is Cc1nc2c(N[C@H]3CC[C@H](N4CCC5(CC4)COC5)CC3)nc(Nc3cnn(C)c3)nc2s1. The number of likely N-dealkylation sites (tertiary alicyclic amines) is 1. The number of hydrogen-bond donors (Lipinski definition) is 2. The Morgan fingerprint density at radius 2 is 1.88 bits per heavy atom. The first-order chi connectivity index (χ1) is 16.1.